The third-order valence-corrected chi connectivity index (χ3v) is 5.00. The van der Waals surface area contributed by atoms with Crippen molar-refractivity contribution >= 4 is 27.8 Å². The highest BCUT2D eigenvalue weighted by Gasteiger charge is 2.45. The molecule has 2 N–H and O–H groups in total. The van der Waals surface area contributed by atoms with Gasteiger partial charge in [-0.15, -0.1) is 0 Å². The van der Waals surface area contributed by atoms with Gasteiger partial charge in [-0.05, 0) is 30.9 Å². The van der Waals surface area contributed by atoms with Crippen LogP contribution >= 0.6 is 15.9 Å². The molecule has 1 saturated carbocycles. The molecule has 2 rings (SSSR count). The number of nitrogens with one attached hydrogen (secondary N) is 2. The molecule has 5 nitrogen and oxygen atoms in total. The molecular weight excluding hydrogens is 368 g/mol. The third-order valence-electron chi connectivity index (χ3n) is 4.31. The molecule has 0 spiro atoms. The summed E-state index contributed by atoms with van der Waals surface area (Å²) in [5, 5.41) is 6.71. The summed E-state index contributed by atoms with van der Waals surface area (Å²) in [6.07, 6.45) is 3.35. The minimum Gasteiger partial charge on any atom is -0.356 e. The Hall–Kier alpha value is -1.56. The predicted octanol–water partition coefficient (Wildman–Crippen LogP) is 2.51. The van der Waals surface area contributed by atoms with E-state index in [0.29, 0.717) is 5.96 Å². The Balaban J connectivity index is 2.01. The number of carbonyl (C=O) groups excluding carboxylic acids is 1. The van der Waals surface area contributed by atoms with Crippen LogP contribution in [0.15, 0.2) is 33.7 Å². The molecular formula is C18H27BrN4O. The van der Waals surface area contributed by atoms with Crippen LogP contribution in [0, 0.1) is 0 Å². The van der Waals surface area contributed by atoms with Gasteiger partial charge in [-0.3, -0.25) is 4.79 Å². The zero-order chi connectivity index (χ0) is 17.6. The summed E-state index contributed by atoms with van der Waals surface area (Å²) in [5.74, 6) is 0.713. The van der Waals surface area contributed by atoms with Crippen LogP contribution in [0.4, 0.5) is 0 Å². The van der Waals surface area contributed by atoms with Gasteiger partial charge in [-0.2, -0.15) is 0 Å². The summed E-state index contributed by atoms with van der Waals surface area (Å²) in [6, 6.07) is 8.40. The fourth-order valence-electron chi connectivity index (χ4n) is 2.54. The van der Waals surface area contributed by atoms with Gasteiger partial charge in [0.15, 0.2) is 5.96 Å². The van der Waals surface area contributed by atoms with E-state index in [1.165, 1.54) is 18.4 Å². The Labute approximate surface area is 153 Å². The molecule has 1 aromatic carbocycles. The first-order valence-electron chi connectivity index (χ1n) is 8.46. The van der Waals surface area contributed by atoms with Crippen LogP contribution in [-0.2, 0) is 10.2 Å². The molecule has 0 bridgehead atoms. The van der Waals surface area contributed by atoms with E-state index >= 15 is 0 Å². The maximum Gasteiger partial charge on any atom is 0.243 e. The van der Waals surface area contributed by atoms with E-state index in [9.17, 15) is 4.79 Å². The normalized spacial score (nSPS) is 15.8. The summed E-state index contributed by atoms with van der Waals surface area (Å²) in [4.78, 5) is 17.7. The number of amides is 1. The zero-order valence-electron chi connectivity index (χ0n) is 14.7. The van der Waals surface area contributed by atoms with Gasteiger partial charge in [0.25, 0.3) is 0 Å². The van der Waals surface area contributed by atoms with Crippen LogP contribution < -0.4 is 10.6 Å². The molecule has 1 aliphatic rings. The number of benzene rings is 1. The summed E-state index contributed by atoms with van der Waals surface area (Å²) >= 11 is 3.66. The molecule has 132 valence electrons. The van der Waals surface area contributed by atoms with Crippen LogP contribution in [0.5, 0.6) is 0 Å². The van der Waals surface area contributed by atoms with Crippen molar-refractivity contribution in [2.75, 3.05) is 33.7 Å². The zero-order valence-corrected chi connectivity index (χ0v) is 16.3. The van der Waals surface area contributed by atoms with Gasteiger partial charge in [0.1, 0.15) is 6.54 Å². The minimum absolute atomic E-state index is 0.000428. The highest BCUT2D eigenvalue weighted by Crippen LogP contribution is 2.49. The van der Waals surface area contributed by atoms with Crippen LogP contribution in [-0.4, -0.2) is 50.5 Å². The molecule has 24 heavy (non-hydrogen) atoms. The predicted molar refractivity (Wildman–Crippen MR) is 102 cm³/mol. The van der Waals surface area contributed by atoms with E-state index in [-0.39, 0.29) is 17.9 Å². The maximum absolute atomic E-state index is 11.8. The first kappa shape index (κ1) is 18.8. The van der Waals surface area contributed by atoms with Gasteiger partial charge in [-0.25, -0.2) is 4.99 Å². The number of guanidine groups is 1. The minimum atomic E-state index is -0.000428. The van der Waals surface area contributed by atoms with E-state index in [2.05, 4.69) is 56.7 Å². The van der Waals surface area contributed by atoms with Gasteiger partial charge >= 0.3 is 0 Å². The third kappa shape index (κ3) is 4.97. The van der Waals surface area contributed by atoms with E-state index in [4.69, 9.17) is 0 Å². The quantitative estimate of drug-likeness (QED) is 0.551. The number of likely N-dealkylation sites (N-methyl/N-ethyl adjacent to an activating group) is 1. The van der Waals surface area contributed by atoms with Crippen LogP contribution in [0.25, 0.3) is 0 Å². The second-order valence-corrected chi connectivity index (χ2v) is 7.35. The largest absolute Gasteiger partial charge is 0.356 e. The molecule has 0 unspecified atom stereocenters. The second-order valence-electron chi connectivity index (χ2n) is 6.49. The molecule has 0 radical (unpaired) electrons. The Morgan fingerprint density at radius 1 is 1.29 bits per heavy atom. The van der Waals surface area contributed by atoms with Crippen molar-refractivity contribution < 1.29 is 4.79 Å². The fourth-order valence-corrected chi connectivity index (χ4v) is 3.25. The molecule has 6 heteroatoms. The topological polar surface area (TPSA) is 56.7 Å². The summed E-state index contributed by atoms with van der Waals surface area (Å²) in [6.45, 7) is 3.93. The van der Waals surface area contributed by atoms with Crippen LogP contribution in [0.2, 0.25) is 0 Å². The average molecular weight is 395 g/mol. The maximum atomic E-state index is 11.8. The van der Waals surface area contributed by atoms with Crippen molar-refractivity contribution in [3.05, 3.63) is 34.3 Å². The molecule has 1 fully saturated rings. The van der Waals surface area contributed by atoms with E-state index < -0.39 is 0 Å². The standard InChI is InChI=1S/C18H27BrN4O/c1-4-11-20-17(21-12-16(24)23(2)3)22-13-18(9-10-18)14-7-5-6-8-15(14)19/h5-8H,4,9-13H2,1-3H3,(H2,20,21,22). The number of aliphatic imine (C=N–C) groups is 1. The number of hydrogen-bond donors (Lipinski definition) is 2. The number of nitrogens with zero attached hydrogens (tertiary/aromatic N) is 2. The molecule has 1 aliphatic carbocycles. The number of rotatable bonds is 7. The van der Waals surface area contributed by atoms with Crippen LogP contribution in [0.1, 0.15) is 31.7 Å². The lowest BCUT2D eigenvalue weighted by Crippen LogP contribution is -2.42. The number of hydrogen-bond acceptors (Lipinski definition) is 2. The molecule has 0 atom stereocenters. The molecule has 1 amide bonds. The summed E-state index contributed by atoms with van der Waals surface area (Å²) < 4.78 is 1.16. The Morgan fingerprint density at radius 3 is 2.58 bits per heavy atom. The van der Waals surface area contributed by atoms with Crippen molar-refractivity contribution in [2.24, 2.45) is 4.99 Å². The Kier molecular flexibility index (Phi) is 6.66. The van der Waals surface area contributed by atoms with Crippen molar-refractivity contribution in [1.82, 2.24) is 15.5 Å². The first-order chi connectivity index (χ1) is 11.5. The van der Waals surface area contributed by atoms with Crippen molar-refractivity contribution in [2.45, 2.75) is 31.6 Å². The first-order valence-corrected chi connectivity index (χ1v) is 9.25. The Bertz CT molecular complexity index is 596. The SMILES string of the molecule is CCCNC(=NCC(=O)N(C)C)NCC1(c2ccccc2Br)CC1. The lowest BCUT2D eigenvalue weighted by atomic mass is 9.96. The Morgan fingerprint density at radius 2 is 2.00 bits per heavy atom. The lowest BCUT2D eigenvalue weighted by Gasteiger charge is -2.20. The fraction of sp³-hybridized carbons (Fsp3) is 0.556. The molecule has 0 heterocycles. The highest BCUT2D eigenvalue weighted by molar-refractivity contribution is 9.10. The van der Waals surface area contributed by atoms with Gasteiger partial charge in [0, 0.05) is 37.1 Å². The molecule has 1 aromatic rings. The number of carbonyl (C=O) groups is 1. The van der Waals surface area contributed by atoms with E-state index in [1.807, 2.05) is 6.07 Å². The second kappa shape index (κ2) is 8.51. The molecule has 0 saturated heterocycles. The van der Waals surface area contributed by atoms with Crippen molar-refractivity contribution in [1.29, 1.82) is 0 Å². The number of halogens is 1. The monoisotopic (exact) mass is 394 g/mol. The van der Waals surface area contributed by atoms with Crippen molar-refractivity contribution in [3.8, 4) is 0 Å². The smallest absolute Gasteiger partial charge is 0.243 e. The lowest BCUT2D eigenvalue weighted by molar-refractivity contribution is -0.127. The average Bonchev–Trinajstić information content (AvgIpc) is 3.35. The van der Waals surface area contributed by atoms with Gasteiger partial charge in [0.2, 0.25) is 5.91 Å². The summed E-state index contributed by atoms with van der Waals surface area (Å²) in [7, 11) is 3.49. The van der Waals surface area contributed by atoms with E-state index in [1.54, 1.807) is 19.0 Å². The van der Waals surface area contributed by atoms with Gasteiger partial charge < -0.3 is 15.5 Å². The molecule has 0 aromatic heterocycles. The highest BCUT2D eigenvalue weighted by atomic mass is 79.9. The van der Waals surface area contributed by atoms with Gasteiger partial charge in [0.05, 0.1) is 0 Å². The van der Waals surface area contributed by atoms with Crippen molar-refractivity contribution in [3.63, 3.8) is 0 Å². The summed E-state index contributed by atoms with van der Waals surface area (Å²) in [5.41, 5.74) is 1.51. The van der Waals surface area contributed by atoms with E-state index in [0.717, 1.165) is 24.0 Å². The van der Waals surface area contributed by atoms with Gasteiger partial charge in [-0.1, -0.05) is 41.1 Å². The van der Waals surface area contributed by atoms with Crippen LogP contribution in [0.3, 0.4) is 0 Å². The molecule has 0 aliphatic heterocycles.